The van der Waals surface area contributed by atoms with Crippen molar-refractivity contribution < 1.29 is 19.0 Å². The van der Waals surface area contributed by atoms with E-state index in [0.717, 1.165) is 29.3 Å². The molecule has 1 heterocycles. The topological polar surface area (TPSA) is 60.0 Å². The van der Waals surface area contributed by atoms with Gasteiger partial charge in [0.1, 0.15) is 18.1 Å². The molecule has 0 bridgehead atoms. The summed E-state index contributed by atoms with van der Waals surface area (Å²) in [6.45, 7) is 2.61. The standard InChI is InChI=1S/C23H30N2O4/c1-25(2)14-17-29-21-10-6-19(7-11-21)24-22(26)23(12-15-28-16-13-23)18-4-8-20(27-3)9-5-18/h4-11H,12-17H2,1-3H3,(H,24,26). The highest BCUT2D eigenvalue weighted by atomic mass is 16.5. The number of rotatable bonds is 8. The number of carbonyl (C=O) groups is 1. The number of likely N-dealkylation sites (N-methyl/N-ethyl adjacent to an activating group) is 1. The van der Waals surface area contributed by atoms with Crippen molar-refractivity contribution in [1.29, 1.82) is 0 Å². The summed E-state index contributed by atoms with van der Waals surface area (Å²) in [5, 5.41) is 3.09. The second kappa shape index (κ2) is 9.76. The summed E-state index contributed by atoms with van der Waals surface area (Å²) in [5.41, 5.74) is 1.14. The van der Waals surface area contributed by atoms with Crippen molar-refractivity contribution in [1.82, 2.24) is 4.90 Å². The monoisotopic (exact) mass is 398 g/mol. The fourth-order valence-corrected chi connectivity index (χ4v) is 3.51. The first kappa shape index (κ1) is 21.1. The van der Waals surface area contributed by atoms with Crippen LogP contribution in [0.5, 0.6) is 11.5 Å². The van der Waals surface area contributed by atoms with Gasteiger partial charge in [-0.1, -0.05) is 12.1 Å². The molecule has 1 amide bonds. The number of hydrogen-bond donors (Lipinski definition) is 1. The molecule has 0 aromatic heterocycles. The van der Waals surface area contributed by atoms with Crippen LogP contribution in [0.4, 0.5) is 5.69 Å². The second-order valence-corrected chi connectivity index (χ2v) is 7.55. The van der Waals surface area contributed by atoms with Crippen molar-refractivity contribution in [2.75, 3.05) is 52.9 Å². The van der Waals surface area contributed by atoms with Gasteiger partial charge < -0.3 is 24.4 Å². The van der Waals surface area contributed by atoms with Gasteiger partial charge in [-0.3, -0.25) is 4.79 Å². The molecule has 6 nitrogen and oxygen atoms in total. The van der Waals surface area contributed by atoms with Crippen LogP contribution in [0.3, 0.4) is 0 Å². The van der Waals surface area contributed by atoms with Crippen LogP contribution in [0.25, 0.3) is 0 Å². The first-order valence-corrected chi connectivity index (χ1v) is 9.95. The zero-order valence-corrected chi connectivity index (χ0v) is 17.4. The van der Waals surface area contributed by atoms with Crippen LogP contribution in [0.1, 0.15) is 18.4 Å². The van der Waals surface area contributed by atoms with Crippen LogP contribution in [0.2, 0.25) is 0 Å². The number of hydrogen-bond acceptors (Lipinski definition) is 5. The highest BCUT2D eigenvalue weighted by Gasteiger charge is 2.41. The largest absolute Gasteiger partial charge is 0.497 e. The number of nitrogens with one attached hydrogen (secondary N) is 1. The van der Waals surface area contributed by atoms with Crippen LogP contribution in [0, 0.1) is 0 Å². The predicted molar refractivity (Wildman–Crippen MR) is 114 cm³/mol. The van der Waals surface area contributed by atoms with E-state index in [4.69, 9.17) is 14.2 Å². The highest BCUT2D eigenvalue weighted by molar-refractivity contribution is 5.99. The maximum atomic E-state index is 13.3. The van der Waals surface area contributed by atoms with E-state index in [-0.39, 0.29) is 5.91 Å². The number of anilines is 1. The number of carbonyl (C=O) groups excluding carboxylic acids is 1. The molecule has 3 rings (SSSR count). The molecule has 0 spiro atoms. The second-order valence-electron chi connectivity index (χ2n) is 7.55. The number of methoxy groups -OCH3 is 1. The zero-order chi connectivity index (χ0) is 20.7. The van der Waals surface area contributed by atoms with Gasteiger partial charge in [0.2, 0.25) is 5.91 Å². The molecule has 1 fully saturated rings. The van der Waals surface area contributed by atoms with Gasteiger partial charge >= 0.3 is 0 Å². The molecule has 1 N–H and O–H groups in total. The Hall–Kier alpha value is -2.57. The highest BCUT2D eigenvalue weighted by Crippen LogP contribution is 2.37. The Labute approximate surface area is 172 Å². The first-order chi connectivity index (χ1) is 14.0. The maximum Gasteiger partial charge on any atom is 0.235 e. The van der Waals surface area contributed by atoms with E-state index in [1.54, 1.807) is 7.11 Å². The Kier molecular flexibility index (Phi) is 7.12. The Bertz CT molecular complexity index is 782. The van der Waals surface area contributed by atoms with E-state index in [1.165, 1.54) is 0 Å². The molecule has 1 aliphatic heterocycles. The predicted octanol–water partition coefficient (Wildman–Crippen LogP) is 3.32. The summed E-state index contributed by atoms with van der Waals surface area (Å²) in [5.74, 6) is 1.56. The fraction of sp³-hybridized carbons (Fsp3) is 0.435. The van der Waals surface area contributed by atoms with Gasteiger partial charge in [0.05, 0.1) is 12.5 Å². The van der Waals surface area contributed by atoms with Crippen molar-refractivity contribution in [2.45, 2.75) is 18.3 Å². The normalized spacial score (nSPS) is 15.7. The minimum atomic E-state index is -0.606. The molecule has 1 aliphatic rings. The lowest BCUT2D eigenvalue weighted by atomic mass is 9.73. The van der Waals surface area contributed by atoms with E-state index in [9.17, 15) is 4.79 Å². The van der Waals surface area contributed by atoms with Gasteiger partial charge in [-0.25, -0.2) is 0 Å². The van der Waals surface area contributed by atoms with Crippen molar-refractivity contribution >= 4 is 11.6 Å². The molecule has 0 atom stereocenters. The van der Waals surface area contributed by atoms with Gasteiger partial charge in [-0.15, -0.1) is 0 Å². The number of amides is 1. The number of nitrogens with zero attached hydrogens (tertiary/aromatic N) is 1. The Morgan fingerprint density at radius 1 is 1.03 bits per heavy atom. The summed E-state index contributed by atoms with van der Waals surface area (Å²) in [6, 6.07) is 15.3. The van der Waals surface area contributed by atoms with Crippen molar-refractivity contribution in [3.8, 4) is 11.5 Å². The Balaban J connectivity index is 1.71. The summed E-state index contributed by atoms with van der Waals surface area (Å²) >= 11 is 0. The quantitative estimate of drug-likeness (QED) is 0.739. The van der Waals surface area contributed by atoms with Crippen LogP contribution >= 0.6 is 0 Å². The van der Waals surface area contributed by atoms with E-state index in [0.29, 0.717) is 32.7 Å². The molecular weight excluding hydrogens is 368 g/mol. The molecule has 0 unspecified atom stereocenters. The zero-order valence-electron chi connectivity index (χ0n) is 17.4. The van der Waals surface area contributed by atoms with Crippen molar-refractivity contribution in [2.24, 2.45) is 0 Å². The van der Waals surface area contributed by atoms with Crippen molar-refractivity contribution in [3.63, 3.8) is 0 Å². The molecule has 0 aliphatic carbocycles. The minimum Gasteiger partial charge on any atom is -0.497 e. The summed E-state index contributed by atoms with van der Waals surface area (Å²) in [7, 11) is 5.66. The molecule has 2 aromatic carbocycles. The van der Waals surface area contributed by atoms with E-state index >= 15 is 0 Å². The number of benzene rings is 2. The van der Waals surface area contributed by atoms with Gasteiger partial charge in [0.15, 0.2) is 0 Å². The van der Waals surface area contributed by atoms with Crippen molar-refractivity contribution in [3.05, 3.63) is 54.1 Å². The lowest BCUT2D eigenvalue weighted by Gasteiger charge is -2.36. The van der Waals surface area contributed by atoms with Crippen LogP contribution in [-0.2, 0) is 14.9 Å². The third-order valence-corrected chi connectivity index (χ3v) is 5.34. The average Bonchev–Trinajstić information content (AvgIpc) is 2.75. The van der Waals surface area contributed by atoms with Gasteiger partial charge in [0.25, 0.3) is 0 Å². The van der Waals surface area contributed by atoms with E-state index in [1.807, 2.05) is 62.6 Å². The molecule has 0 saturated carbocycles. The maximum absolute atomic E-state index is 13.3. The van der Waals surface area contributed by atoms with Crippen LogP contribution in [0.15, 0.2) is 48.5 Å². The van der Waals surface area contributed by atoms with Crippen LogP contribution < -0.4 is 14.8 Å². The molecule has 2 aromatic rings. The smallest absolute Gasteiger partial charge is 0.235 e. The summed E-state index contributed by atoms with van der Waals surface area (Å²) in [6.07, 6.45) is 1.30. The fourth-order valence-electron chi connectivity index (χ4n) is 3.51. The van der Waals surface area contributed by atoms with Gasteiger partial charge in [-0.2, -0.15) is 0 Å². The molecule has 1 saturated heterocycles. The lowest BCUT2D eigenvalue weighted by Crippen LogP contribution is -2.44. The molecular formula is C23H30N2O4. The Morgan fingerprint density at radius 2 is 1.66 bits per heavy atom. The summed E-state index contributed by atoms with van der Waals surface area (Å²) in [4.78, 5) is 15.4. The van der Waals surface area contributed by atoms with E-state index < -0.39 is 5.41 Å². The van der Waals surface area contributed by atoms with Gasteiger partial charge in [-0.05, 0) is 68.9 Å². The molecule has 6 heteroatoms. The Morgan fingerprint density at radius 3 is 2.24 bits per heavy atom. The third kappa shape index (κ3) is 5.28. The molecule has 0 radical (unpaired) electrons. The SMILES string of the molecule is COc1ccc(C2(C(=O)Nc3ccc(OCCN(C)C)cc3)CCOCC2)cc1. The van der Waals surface area contributed by atoms with Gasteiger partial charge in [0, 0.05) is 25.4 Å². The number of ether oxygens (including phenoxy) is 3. The average molecular weight is 399 g/mol. The molecule has 29 heavy (non-hydrogen) atoms. The van der Waals surface area contributed by atoms with Crippen LogP contribution in [-0.4, -0.2) is 58.4 Å². The third-order valence-electron chi connectivity index (χ3n) is 5.34. The lowest BCUT2D eigenvalue weighted by molar-refractivity contribution is -0.125. The molecule has 156 valence electrons. The minimum absolute atomic E-state index is 0.00718. The summed E-state index contributed by atoms with van der Waals surface area (Å²) < 4.78 is 16.5. The van der Waals surface area contributed by atoms with E-state index in [2.05, 4.69) is 10.2 Å². The first-order valence-electron chi connectivity index (χ1n) is 9.95.